The number of likely N-dealkylation sites (tertiary alicyclic amines) is 1. The number of oxime groups is 1. The second-order valence-electron chi connectivity index (χ2n) is 3.66. The predicted octanol–water partition coefficient (Wildman–Crippen LogP) is 1.78. The first-order chi connectivity index (χ1) is 7.42. The lowest BCUT2D eigenvalue weighted by atomic mass is 10.1. The van der Waals surface area contributed by atoms with Crippen molar-refractivity contribution < 1.29 is 23.2 Å². The smallest absolute Gasteiger partial charge is 0.389 e. The highest BCUT2D eigenvalue weighted by Gasteiger charge is 2.29. The van der Waals surface area contributed by atoms with Gasteiger partial charge in [-0.2, -0.15) is 13.2 Å². The van der Waals surface area contributed by atoms with E-state index in [4.69, 9.17) is 5.21 Å². The largest absolute Gasteiger partial charge is 0.411 e. The minimum atomic E-state index is -4.29. The van der Waals surface area contributed by atoms with Crippen molar-refractivity contribution in [3.05, 3.63) is 0 Å². The van der Waals surface area contributed by atoms with Crippen molar-refractivity contribution in [1.29, 1.82) is 0 Å². The Hall–Kier alpha value is -1.27. The summed E-state index contributed by atoms with van der Waals surface area (Å²) in [7, 11) is 0. The summed E-state index contributed by atoms with van der Waals surface area (Å²) in [6.07, 6.45) is -5.02. The summed E-state index contributed by atoms with van der Waals surface area (Å²) in [5.74, 6) is -0.491. The zero-order chi connectivity index (χ0) is 12.2. The van der Waals surface area contributed by atoms with E-state index in [0.29, 0.717) is 31.6 Å². The molecule has 1 fully saturated rings. The van der Waals surface area contributed by atoms with E-state index in [1.165, 1.54) is 4.90 Å². The van der Waals surface area contributed by atoms with Crippen LogP contribution in [0.15, 0.2) is 5.16 Å². The van der Waals surface area contributed by atoms with E-state index < -0.39 is 24.9 Å². The fourth-order valence-corrected chi connectivity index (χ4v) is 1.52. The molecule has 7 heteroatoms. The maximum absolute atomic E-state index is 11.9. The monoisotopic (exact) mass is 238 g/mol. The van der Waals surface area contributed by atoms with E-state index in [2.05, 4.69) is 5.16 Å². The maximum Gasteiger partial charge on any atom is 0.389 e. The number of rotatable bonds is 2. The number of hydrogen-bond acceptors (Lipinski definition) is 3. The lowest BCUT2D eigenvalue weighted by Crippen LogP contribution is -2.39. The SMILES string of the molecule is O=C(CCC(F)(F)F)N1CCC(=NO)CC1. The number of nitrogens with zero attached hydrogens (tertiary/aromatic N) is 2. The molecule has 4 nitrogen and oxygen atoms in total. The van der Waals surface area contributed by atoms with Crippen molar-refractivity contribution in [3.8, 4) is 0 Å². The van der Waals surface area contributed by atoms with Gasteiger partial charge in [-0.25, -0.2) is 0 Å². The van der Waals surface area contributed by atoms with Gasteiger partial charge in [-0.3, -0.25) is 4.79 Å². The highest BCUT2D eigenvalue weighted by atomic mass is 19.4. The molecule has 1 amide bonds. The topological polar surface area (TPSA) is 52.9 Å². The van der Waals surface area contributed by atoms with Crippen LogP contribution in [-0.4, -0.2) is 41.0 Å². The van der Waals surface area contributed by atoms with E-state index in [1.54, 1.807) is 0 Å². The lowest BCUT2D eigenvalue weighted by molar-refractivity contribution is -0.149. The minimum absolute atomic E-state index is 0.329. The van der Waals surface area contributed by atoms with Crippen LogP contribution in [0.5, 0.6) is 0 Å². The highest BCUT2D eigenvalue weighted by molar-refractivity contribution is 5.87. The predicted molar refractivity (Wildman–Crippen MR) is 50.3 cm³/mol. The van der Waals surface area contributed by atoms with Crippen molar-refractivity contribution in [2.45, 2.75) is 31.9 Å². The number of carbonyl (C=O) groups excluding carboxylic acids is 1. The first-order valence-electron chi connectivity index (χ1n) is 4.96. The molecule has 1 aliphatic rings. The average Bonchev–Trinajstić information content (AvgIpc) is 2.25. The van der Waals surface area contributed by atoms with Crippen LogP contribution in [0.2, 0.25) is 0 Å². The van der Waals surface area contributed by atoms with Gasteiger partial charge in [0.05, 0.1) is 12.1 Å². The normalized spacial score (nSPS) is 17.4. The number of amides is 1. The molecular formula is C9H13F3N2O2. The van der Waals surface area contributed by atoms with Crippen LogP contribution in [0.3, 0.4) is 0 Å². The van der Waals surface area contributed by atoms with Crippen LogP contribution < -0.4 is 0 Å². The zero-order valence-electron chi connectivity index (χ0n) is 8.63. The maximum atomic E-state index is 11.9. The van der Waals surface area contributed by atoms with Crippen molar-refractivity contribution in [3.63, 3.8) is 0 Å². The summed E-state index contributed by atoms with van der Waals surface area (Å²) in [5.41, 5.74) is 0.583. The van der Waals surface area contributed by atoms with Crippen molar-refractivity contribution in [2.24, 2.45) is 5.16 Å². The summed E-state index contributed by atoms with van der Waals surface area (Å²) < 4.78 is 35.6. The summed E-state index contributed by atoms with van der Waals surface area (Å²) in [4.78, 5) is 12.7. The van der Waals surface area contributed by atoms with E-state index in [-0.39, 0.29) is 0 Å². The third-order valence-electron chi connectivity index (χ3n) is 2.46. The van der Waals surface area contributed by atoms with E-state index >= 15 is 0 Å². The molecule has 0 bridgehead atoms. The highest BCUT2D eigenvalue weighted by Crippen LogP contribution is 2.22. The third kappa shape index (κ3) is 4.08. The second-order valence-corrected chi connectivity index (χ2v) is 3.66. The molecule has 0 unspecified atom stereocenters. The Morgan fingerprint density at radius 3 is 2.38 bits per heavy atom. The van der Waals surface area contributed by atoms with Crippen LogP contribution in [-0.2, 0) is 4.79 Å². The molecule has 1 rings (SSSR count). The molecule has 16 heavy (non-hydrogen) atoms. The quantitative estimate of drug-likeness (QED) is 0.589. The Morgan fingerprint density at radius 2 is 1.94 bits per heavy atom. The number of carbonyl (C=O) groups is 1. The van der Waals surface area contributed by atoms with Gasteiger partial charge in [-0.1, -0.05) is 5.16 Å². The van der Waals surface area contributed by atoms with E-state index in [0.717, 1.165) is 0 Å². The molecule has 0 aromatic carbocycles. The van der Waals surface area contributed by atoms with Crippen LogP contribution in [0, 0.1) is 0 Å². The molecule has 0 aliphatic carbocycles. The van der Waals surface area contributed by atoms with Crippen LogP contribution in [0.1, 0.15) is 25.7 Å². The van der Waals surface area contributed by atoms with Crippen LogP contribution >= 0.6 is 0 Å². The van der Waals surface area contributed by atoms with Gasteiger partial charge in [0.25, 0.3) is 0 Å². The van der Waals surface area contributed by atoms with Crippen LogP contribution in [0.25, 0.3) is 0 Å². The molecule has 1 saturated heterocycles. The summed E-state index contributed by atoms with van der Waals surface area (Å²) in [6.45, 7) is 0.659. The molecule has 0 radical (unpaired) electrons. The molecular weight excluding hydrogens is 225 g/mol. The molecule has 0 spiro atoms. The molecule has 0 saturated carbocycles. The van der Waals surface area contributed by atoms with Gasteiger partial charge in [0.2, 0.25) is 5.91 Å². The fourth-order valence-electron chi connectivity index (χ4n) is 1.52. The van der Waals surface area contributed by atoms with Gasteiger partial charge in [-0.05, 0) is 0 Å². The fraction of sp³-hybridized carbons (Fsp3) is 0.778. The molecule has 0 aromatic rings. The Balaban J connectivity index is 2.34. The minimum Gasteiger partial charge on any atom is -0.411 e. The summed E-state index contributed by atoms with van der Waals surface area (Å²) >= 11 is 0. The first-order valence-corrected chi connectivity index (χ1v) is 4.96. The number of hydrogen-bond donors (Lipinski definition) is 1. The third-order valence-corrected chi connectivity index (χ3v) is 2.46. The molecule has 0 atom stereocenters. The van der Waals surface area contributed by atoms with Gasteiger partial charge in [0.15, 0.2) is 0 Å². The van der Waals surface area contributed by atoms with Gasteiger partial charge in [-0.15, -0.1) is 0 Å². The van der Waals surface area contributed by atoms with Crippen molar-refractivity contribution in [2.75, 3.05) is 13.1 Å². The summed E-state index contributed by atoms with van der Waals surface area (Å²) in [5, 5.41) is 11.5. The molecule has 0 aromatic heterocycles. The molecule has 1 N–H and O–H groups in total. The Bertz CT molecular complexity index is 279. The average molecular weight is 238 g/mol. The Labute approximate surface area is 90.7 Å². The van der Waals surface area contributed by atoms with Crippen molar-refractivity contribution in [1.82, 2.24) is 4.90 Å². The zero-order valence-corrected chi connectivity index (χ0v) is 8.63. The molecule has 1 heterocycles. The van der Waals surface area contributed by atoms with Gasteiger partial charge >= 0.3 is 6.18 Å². The first kappa shape index (κ1) is 12.8. The number of alkyl halides is 3. The number of piperidine rings is 1. The van der Waals surface area contributed by atoms with Crippen molar-refractivity contribution >= 4 is 11.6 Å². The van der Waals surface area contributed by atoms with Gasteiger partial charge in [0, 0.05) is 32.4 Å². The van der Waals surface area contributed by atoms with Crippen LogP contribution in [0.4, 0.5) is 13.2 Å². The van der Waals surface area contributed by atoms with E-state index in [1.807, 2.05) is 0 Å². The molecule has 92 valence electrons. The Morgan fingerprint density at radius 1 is 1.38 bits per heavy atom. The number of halogens is 3. The second kappa shape index (κ2) is 5.18. The molecule has 1 aliphatic heterocycles. The van der Waals surface area contributed by atoms with Gasteiger partial charge < -0.3 is 10.1 Å². The lowest BCUT2D eigenvalue weighted by Gasteiger charge is -2.27. The standard InChI is InChI=1S/C9H13F3N2O2/c10-9(11,12)4-1-8(15)14-5-2-7(13-16)3-6-14/h16H,1-6H2. The Kier molecular flexibility index (Phi) is 4.14. The van der Waals surface area contributed by atoms with E-state index in [9.17, 15) is 18.0 Å². The van der Waals surface area contributed by atoms with Gasteiger partial charge in [0.1, 0.15) is 0 Å². The summed E-state index contributed by atoms with van der Waals surface area (Å²) in [6, 6.07) is 0.